The summed E-state index contributed by atoms with van der Waals surface area (Å²) >= 11 is 0. The Labute approximate surface area is 78.8 Å². The third-order valence-corrected chi connectivity index (χ3v) is 2.41. The van der Waals surface area contributed by atoms with Crippen LogP contribution in [0.15, 0.2) is 0 Å². The number of likely N-dealkylation sites (N-methyl/N-ethyl adjacent to an activating group) is 1. The molecule has 0 fully saturated rings. The number of rotatable bonds is 4. The molecule has 4 nitrogen and oxygen atoms in total. The minimum atomic E-state index is -0.990. The molecule has 4 heteroatoms. The lowest BCUT2D eigenvalue weighted by Crippen LogP contribution is -2.52. The predicted octanol–water partition coefficient (Wildman–Crippen LogP) is 1.08. The zero-order valence-electron chi connectivity index (χ0n) is 8.53. The van der Waals surface area contributed by atoms with Crippen LogP contribution in [-0.4, -0.2) is 34.6 Å². The number of hydrogen-bond donors (Lipinski definition) is 1. The Morgan fingerprint density at radius 2 is 2.15 bits per heavy atom. The van der Waals surface area contributed by atoms with Gasteiger partial charge in [0.05, 0.1) is 12.1 Å². The second-order valence-corrected chi connectivity index (χ2v) is 3.53. The van der Waals surface area contributed by atoms with Crippen molar-refractivity contribution in [2.45, 2.75) is 38.8 Å². The van der Waals surface area contributed by atoms with E-state index in [0.29, 0.717) is 6.42 Å². The fraction of sp³-hybridized carbons (Fsp3) is 0.778. The van der Waals surface area contributed by atoms with Crippen LogP contribution < -0.4 is 0 Å². The monoisotopic (exact) mass is 184 g/mol. The van der Waals surface area contributed by atoms with Crippen LogP contribution in [0.1, 0.15) is 27.2 Å². The van der Waals surface area contributed by atoms with Crippen LogP contribution in [0.3, 0.4) is 0 Å². The maximum absolute atomic E-state index is 10.8. The average Bonchev–Trinajstić information content (AvgIpc) is 2.06. The van der Waals surface area contributed by atoms with Crippen LogP contribution in [0.25, 0.3) is 0 Å². The molecule has 0 rings (SSSR count). The number of hydrogen-bond acceptors (Lipinski definition) is 3. The number of carbonyl (C=O) groups is 1. The Balaban J connectivity index is 4.67. The molecule has 0 radical (unpaired) electrons. The quantitative estimate of drug-likeness (QED) is 0.710. The molecule has 0 bridgehead atoms. The third-order valence-electron chi connectivity index (χ3n) is 2.41. The standard InChI is InChI=1S/C9H16N2O2/c1-5-7(6-10)11(4)9(2,3)8(12)13/h7H,5H2,1-4H3,(H,12,13). The second kappa shape index (κ2) is 4.24. The SMILES string of the molecule is CCC(C#N)N(C)C(C)(C)C(=O)O. The van der Waals surface area contributed by atoms with Crippen LogP contribution in [0.2, 0.25) is 0 Å². The van der Waals surface area contributed by atoms with Gasteiger partial charge < -0.3 is 5.11 Å². The van der Waals surface area contributed by atoms with Gasteiger partial charge in [0.25, 0.3) is 0 Å². The summed E-state index contributed by atoms with van der Waals surface area (Å²) in [6.07, 6.45) is 0.629. The lowest BCUT2D eigenvalue weighted by Gasteiger charge is -2.34. The van der Waals surface area contributed by atoms with Crippen molar-refractivity contribution in [1.29, 1.82) is 5.26 Å². The van der Waals surface area contributed by atoms with E-state index < -0.39 is 11.5 Å². The van der Waals surface area contributed by atoms with Crippen LogP contribution in [0.5, 0.6) is 0 Å². The molecule has 0 aromatic rings. The van der Waals surface area contributed by atoms with Crippen molar-refractivity contribution in [3.63, 3.8) is 0 Å². The Bertz CT molecular complexity index is 230. The highest BCUT2D eigenvalue weighted by molar-refractivity contribution is 5.77. The highest BCUT2D eigenvalue weighted by Crippen LogP contribution is 2.16. The van der Waals surface area contributed by atoms with Gasteiger partial charge in [0.15, 0.2) is 0 Å². The van der Waals surface area contributed by atoms with Crippen molar-refractivity contribution in [2.24, 2.45) is 0 Å². The minimum Gasteiger partial charge on any atom is -0.480 e. The summed E-state index contributed by atoms with van der Waals surface area (Å²) in [5.74, 6) is -0.913. The van der Waals surface area contributed by atoms with E-state index >= 15 is 0 Å². The van der Waals surface area contributed by atoms with Gasteiger partial charge in [-0.25, -0.2) is 0 Å². The van der Waals surface area contributed by atoms with Gasteiger partial charge in [0, 0.05) is 0 Å². The Morgan fingerprint density at radius 3 is 2.38 bits per heavy atom. The molecule has 0 saturated carbocycles. The van der Waals surface area contributed by atoms with Crippen molar-refractivity contribution in [3.05, 3.63) is 0 Å². The molecule has 0 heterocycles. The van der Waals surface area contributed by atoms with Gasteiger partial charge in [0.1, 0.15) is 5.54 Å². The molecule has 0 amide bonds. The van der Waals surface area contributed by atoms with Gasteiger partial charge in [-0.2, -0.15) is 5.26 Å². The number of nitriles is 1. The van der Waals surface area contributed by atoms with Crippen LogP contribution in [0, 0.1) is 11.3 Å². The number of nitrogens with zero attached hydrogens (tertiary/aromatic N) is 2. The number of aliphatic carboxylic acids is 1. The zero-order valence-corrected chi connectivity index (χ0v) is 8.53. The molecule has 0 aliphatic rings. The van der Waals surface area contributed by atoms with Crippen molar-refractivity contribution in [2.75, 3.05) is 7.05 Å². The summed E-state index contributed by atoms with van der Waals surface area (Å²) in [7, 11) is 1.66. The molecule has 0 spiro atoms. The highest BCUT2D eigenvalue weighted by Gasteiger charge is 2.35. The van der Waals surface area contributed by atoms with Gasteiger partial charge in [-0.15, -0.1) is 0 Å². The van der Waals surface area contributed by atoms with Crippen molar-refractivity contribution in [3.8, 4) is 6.07 Å². The molecule has 13 heavy (non-hydrogen) atoms. The second-order valence-electron chi connectivity index (χ2n) is 3.53. The molecule has 0 aliphatic carbocycles. The van der Waals surface area contributed by atoms with E-state index in [1.54, 1.807) is 25.8 Å². The van der Waals surface area contributed by atoms with E-state index in [-0.39, 0.29) is 6.04 Å². The fourth-order valence-electron chi connectivity index (χ4n) is 0.992. The molecule has 0 aliphatic heterocycles. The average molecular weight is 184 g/mol. The van der Waals surface area contributed by atoms with E-state index in [9.17, 15) is 4.79 Å². The topological polar surface area (TPSA) is 64.3 Å². The van der Waals surface area contributed by atoms with Gasteiger partial charge in [-0.1, -0.05) is 6.92 Å². The summed E-state index contributed by atoms with van der Waals surface area (Å²) in [4.78, 5) is 12.4. The summed E-state index contributed by atoms with van der Waals surface area (Å²) in [5.41, 5.74) is -0.990. The first-order valence-corrected chi connectivity index (χ1v) is 4.23. The number of carboxylic acids is 1. The summed E-state index contributed by atoms with van der Waals surface area (Å²) in [5, 5.41) is 17.7. The Hall–Kier alpha value is -1.08. The maximum atomic E-state index is 10.8. The van der Waals surface area contributed by atoms with Crippen LogP contribution in [-0.2, 0) is 4.79 Å². The van der Waals surface area contributed by atoms with Gasteiger partial charge in [-0.05, 0) is 27.3 Å². The third kappa shape index (κ3) is 2.43. The van der Waals surface area contributed by atoms with Gasteiger partial charge >= 0.3 is 5.97 Å². The number of carboxylic acid groups (broad SMARTS) is 1. The first-order chi connectivity index (χ1) is 5.87. The summed E-state index contributed by atoms with van der Waals surface area (Å²) in [6.45, 7) is 5.05. The molecule has 1 N–H and O–H groups in total. The van der Waals surface area contributed by atoms with Gasteiger partial charge in [-0.3, -0.25) is 9.69 Å². The molecule has 1 unspecified atom stereocenters. The predicted molar refractivity (Wildman–Crippen MR) is 49.2 cm³/mol. The van der Waals surface area contributed by atoms with Crippen molar-refractivity contribution < 1.29 is 9.90 Å². The normalized spacial score (nSPS) is 13.8. The smallest absolute Gasteiger partial charge is 0.323 e. The summed E-state index contributed by atoms with van der Waals surface area (Å²) in [6, 6.07) is 1.73. The summed E-state index contributed by atoms with van der Waals surface area (Å²) < 4.78 is 0. The van der Waals surface area contributed by atoms with E-state index in [0.717, 1.165) is 0 Å². The van der Waals surface area contributed by atoms with E-state index in [1.807, 2.05) is 6.92 Å². The van der Waals surface area contributed by atoms with E-state index in [1.165, 1.54) is 0 Å². The molecule has 0 saturated heterocycles. The van der Waals surface area contributed by atoms with Crippen LogP contribution in [0.4, 0.5) is 0 Å². The Morgan fingerprint density at radius 1 is 1.69 bits per heavy atom. The lowest BCUT2D eigenvalue weighted by molar-refractivity contribution is -0.149. The highest BCUT2D eigenvalue weighted by atomic mass is 16.4. The van der Waals surface area contributed by atoms with Crippen molar-refractivity contribution >= 4 is 5.97 Å². The largest absolute Gasteiger partial charge is 0.480 e. The fourth-order valence-corrected chi connectivity index (χ4v) is 0.992. The zero-order chi connectivity index (χ0) is 10.6. The first-order valence-electron chi connectivity index (χ1n) is 4.23. The molecule has 0 aromatic carbocycles. The van der Waals surface area contributed by atoms with Crippen molar-refractivity contribution in [1.82, 2.24) is 4.90 Å². The van der Waals surface area contributed by atoms with Crippen LogP contribution >= 0.6 is 0 Å². The molecular weight excluding hydrogens is 168 g/mol. The van der Waals surface area contributed by atoms with E-state index in [2.05, 4.69) is 6.07 Å². The molecule has 74 valence electrons. The van der Waals surface area contributed by atoms with E-state index in [4.69, 9.17) is 10.4 Å². The molecule has 0 aromatic heterocycles. The first kappa shape index (κ1) is 11.9. The lowest BCUT2D eigenvalue weighted by atomic mass is 10.0. The maximum Gasteiger partial charge on any atom is 0.323 e. The molecule has 1 atom stereocenters. The molecular formula is C9H16N2O2. The Kier molecular flexibility index (Phi) is 3.89. The van der Waals surface area contributed by atoms with Gasteiger partial charge in [0.2, 0.25) is 0 Å². The minimum absolute atomic E-state index is 0.342.